The second-order valence-corrected chi connectivity index (χ2v) is 9.81. The first-order valence-electron chi connectivity index (χ1n) is 13.0. The fourth-order valence-corrected chi connectivity index (χ4v) is 4.59. The van der Waals surface area contributed by atoms with Crippen molar-refractivity contribution in [3.8, 4) is 5.88 Å². The van der Waals surface area contributed by atoms with Crippen LogP contribution in [0.3, 0.4) is 0 Å². The number of benzene rings is 1. The Kier molecular flexibility index (Phi) is 6.57. The molecule has 2 aliphatic rings. The molecule has 0 spiro atoms. The molecular weight excluding hydrogens is 505 g/mol. The molecule has 1 aromatic carbocycles. The van der Waals surface area contributed by atoms with E-state index >= 15 is 4.39 Å². The number of fused-ring (bicyclic) bond motifs is 1. The zero-order valence-electron chi connectivity index (χ0n) is 21.1. The molecule has 0 atom stereocenters. The van der Waals surface area contributed by atoms with Gasteiger partial charge in [-0.15, -0.1) is 0 Å². The minimum atomic E-state index is -0.598. The number of aromatic amines is 2. The number of imidazole rings is 1. The van der Waals surface area contributed by atoms with E-state index in [2.05, 4.69) is 35.6 Å². The second kappa shape index (κ2) is 10.3. The van der Waals surface area contributed by atoms with Crippen molar-refractivity contribution in [2.45, 2.75) is 31.7 Å². The summed E-state index contributed by atoms with van der Waals surface area (Å²) in [4.78, 5) is 40.4. The van der Waals surface area contributed by atoms with Crippen LogP contribution < -0.4 is 27.0 Å². The van der Waals surface area contributed by atoms with Gasteiger partial charge in [-0.1, -0.05) is 0 Å². The van der Waals surface area contributed by atoms with E-state index in [-0.39, 0.29) is 34.8 Å². The molecule has 1 aliphatic carbocycles. The number of aromatic nitrogens is 5. The van der Waals surface area contributed by atoms with Gasteiger partial charge in [-0.25, -0.2) is 14.2 Å². The number of hydrogen-bond acceptors (Lipinski definition) is 8. The molecule has 0 radical (unpaired) electrons. The number of nitrogens with one attached hydrogen (secondary N) is 4. The lowest BCUT2D eigenvalue weighted by molar-refractivity contribution is 0.0949. The highest BCUT2D eigenvalue weighted by molar-refractivity contribution is 5.94. The number of anilines is 2. The average Bonchev–Trinajstić information content (AvgIpc) is 3.26. The van der Waals surface area contributed by atoms with Crippen LogP contribution >= 0.6 is 0 Å². The molecule has 0 unspecified atom stereocenters. The van der Waals surface area contributed by atoms with Crippen LogP contribution in [0, 0.1) is 5.82 Å². The predicted octanol–water partition coefficient (Wildman–Crippen LogP) is 0.770. The van der Waals surface area contributed by atoms with E-state index in [1.165, 1.54) is 31.1 Å². The van der Waals surface area contributed by atoms with Crippen LogP contribution in [0.15, 0.2) is 40.2 Å². The van der Waals surface area contributed by atoms with Crippen molar-refractivity contribution in [1.29, 1.82) is 0 Å². The lowest BCUT2D eigenvalue weighted by Crippen LogP contribution is -2.33. The fraction of sp³-hybridized carbons (Fsp3) is 0.346. The van der Waals surface area contributed by atoms with Crippen LogP contribution in [0.5, 0.6) is 5.88 Å². The highest BCUT2D eigenvalue weighted by Crippen LogP contribution is 2.23. The molecule has 1 aliphatic heterocycles. The summed E-state index contributed by atoms with van der Waals surface area (Å²) >= 11 is 0. The third kappa shape index (κ3) is 5.53. The quantitative estimate of drug-likeness (QED) is 0.224. The van der Waals surface area contributed by atoms with Crippen molar-refractivity contribution in [3.63, 3.8) is 0 Å². The summed E-state index contributed by atoms with van der Waals surface area (Å²) in [6.45, 7) is 3.39. The molecule has 202 valence electrons. The van der Waals surface area contributed by atoms with E-state index in [0.717, 1.165) is 32.5 Å². The zero-order valence-corrected chi connectivity index (χ0v) is 21.1. The van der Waals surface area contributed by atoms with E-state index in [9.17, 15) is 14.7 Å². The van der Waals surface area contributed by atoms with Gasteiger partial charge in [0.1, 0.15) is 17.3 Å². The molecule has 39 heavy (non-hydrogen) atoms. The van der Waals surface area contributed by atoms with Crippen molar-refractivity contribution in [2.75, 3.05) is 31.5 Å². The van der Waals surface area contributed by atoms with Gasteiger partial charge in [0.05, 0.1) is 17.9 Å². The van der Waals surface area contributed by atoms with E-state index in [0.29, 0.717) is 28.7 Å². The van der Waals surface area contributed by atoms with E-state index < -0.39 is 11.5 Å². The summed E-state index contributed by atoms with van der Waals surface area (Å²) in [5.41, 5.74) is 0.946. The average molecular weight is 534 g/mol. The van der Waals surface area contributed by atoms with Crippen molar-refractivity contribution in [3.05, 3.63) is 68.7 Å². The van der Waals surface area contributed by atoms with Crippen molar-refractivity contribution in [2.24, 2.45) is 4.99 Å². The molecule has 2 fully saturated rings. The zero-order chi connectivity index (χ0) is 26.9. The van der Waals surface area contributed by atoms with Crippen LogP contribution in [0.1, 0.15) is 41.7 Å². The second-order valence-electron chi connectivity index (χ2n) is 9.81. The number of amides is 1. The Balaban J connectivity index is 1.27. The maximum Gasteiger partial charge on any atom is 0.326 e. The molecule has 4 heterocycles. The molecule has 13 heteroatoms. The van der Waals surface area contributed by atoms with Gasteiger partial charge in [0.25, 0.3) is 5.91 Å². The van der Waals surface area contributed by atoms with Gasteiger partial charge < -0.3 is 25.6 Å². The SMILES string of the molecule is O=C(NCCN1CCCC1)c1ccc(Nc2cc(=NC3CC3)n3nc/c(=C\c4[nH]c(=O)[nH]c4O)c3n2)c(F)c1. The summed E-state index contributed by atoms with van der Waals surface area (Å²) < 4.78 is 16.6. The lowest BCUT2D eigenvalue weighted by atomic mass is 10.2. The number of aromatic hydroxyl groups is 1. The van der Waals surface area contributed by atoms with Crippen LogP contribution in [0.4, 0.5) is 15.9 Å². The van der Waals surface area contributed by atoms with Gasteiger partial charge in [0, 0.05) is 29.9 Å². The first-order valence-corrected chi connectivity index (χ1v) is 13.0. The maximum absolute atomic E-state index is 15.1. The number of hydrogen-bond donors (Lipinski definition) is 5. The third-order valence-electron chi connectivity index (χ3n) is 6.78. The highest BCUT2D eigenvalue weighted by atomic mass is 19.1. The Morgan fingerprint density at radius 1 is 1.23 bits per heavy atom. The van der Waals surface area contributed by atoms with Gasteiger partial charge in [0.2, 0.25) is 5.88 Å². The number of nitrogens with zero attached hydrogens (tertiary/aromatic N) is 5. The van der Waals surface area contributed by atoms with Crippen LogP contribution in [0.25, 0.3) is 11.7 Å². The molecule has 5 N–H and O–H groups in total. The summed E-state index contributed by atoms with van der Waals surface area (Å²) in [6, 6.07) is 6.12. The Morgan fingerprint density at radius 3 is 2.77 bits per heavy atom. The fourth-order valence-electron chi connectivity index (χ4n) is 4.59. The van der Waals surface area contributed by atoms with Crippen molar-refractivity contribution < 1.29 is 14.3 Å². The number of halogens is 1. The monoisotopic (exact) mass is 533 g/mol. The molecular formula is C26H28FN9O3. The van der Waals surface area contributed by atoms with Crippen LogP contribution in [-0.4, -0.2) is 72.7 Å². The van der Waals surface area contributed by atoms with Gasteiger partial charge in [-0.3, -0.25) is 14.8 Å². The number of H-pyrrole nitrogens is 2. The summed E-state index contributed by atoms with van der Waals surface area (Å²) in [5, 5.41) is 20.7. The van der Waals surface area contributed by atoms with Crippen LogP contribution in [-0.2, 0) is 0 Å². The molecule has 12 nitrogen and oxygen atoms in total. The third-order valence-corrected chi connectivity index (χ3v) is 6.78. The number of likely N-dealkylation sites (tertiary alicyclic amines) is 1. The van der Waals surface area contributed by atoms with Crippen molar-refractivity contribution in [1.82, 2.24) is 34.8 Å². The first-order chi connectivity index (χ1) is 18.9. The molecule has 1 amide bonds. The van der Waals surface area contributed by atoms with E-state index in [1.807, 2.05) is 0 Å². The Morgan fingerprint density at radius 2 is 2.05 bits per heavy atom. The summed E-state index contributed by atoms with van der Waals surface area (Å²) in [6.07, 6.45) is 7.39. The largest absolute Gasteiger partial charge is 0.493 e. The topological polar surface area (TPSA) is 156 Å². The van der Waals surface area contributed by atoms with E-state index in [4.69, 9.17) is 4.99 Å². The molecule has 1 saturated carbocycles. The highest BCUT2D eigenvalue weighted by Gasteiger charge is 2.20. The minimum Gasteiger partial charge on any atom is -0.493 e. The molecule has 4 aromatic rings. The Hall–Kier alpha value is -4.52. The predicted molar refractivity (Wildman–Crippen MR) is 141 cm³/mol. The summed E-state index contributed by atoms with van der Waals surface area (Å²) in [7, 11) is 0. The van der Waals surface area contributed by atoms with Gasteiger partial charge in [-0.2, -0.15) is 9.61 Å². The molecule has 0 bridgehead atoms. The minimum absolute atomic E-state index is 0.149. The van der Waals surface area contributed by atoms with Gasteiger partial charge in [0.15, 0.2) is 11.1 Å². The van der Waals surface area contributed by atoms with E-state index in [1.54, 1.807) is 22.8 Å². The smallest absolute Gasteiger partial charge is 0.326 e. The molecule has 6 rings (SSSR count). The number of carbonyl (C=O) groups is 1. The Bertz CT molecular complexity index is 1710. The summed E-state index contributed by atoms with van der Waals surface area (Å²) in [5.74, 6) is -0.904. The number of rotatable bonds is 8. The maximum atomic E-state index is 15.1. The first kappa shape index (κ1) is 24.8. The van der Waals surface area contributed by atoms with Crippen molar-refractivity contribution >= 4 is 29.1 Å². The molecule has 3 aromatic heterocycles. The lowest BCUT2D eigenvalue weighted by Gasteiger charge is -2.15. The normalized spacial score (nSPS) is 16.8. The van der Waals surface area contributed by atoms with Gasteiger partial charge >= 0.3 is 5.69 Å². The van der Waals surface area contributed by atoms with Crippen LogP contribution in [0.2, 0.25) is 0 Å². The number of carbonyl (C=O) groups excluding carboxylic acids is 1. The van der Waals surface area contributed by atoms with Gasteiger partial charge in [-0.05, 0) is 63.0 Å². The Labute approximate surface area is 221 Å². The molecule has 1 saturated heterocycles. The standard InChI is InChI=1S/C26H28FN9O3/c27-18-11-15(24(37)28-7-10-35-8-1-2-9-35)3-6-19(18)31-21-13-22(30-17-4-5-17)36-23(33-21)16(14-29-36)12-20-25(38)34-26(39)32-20/h3,6,11-14,17,31,38H,1-2,4-5,7-10H2,(H,28,37)(H2,32,34,39)/b16-12+,30-22?.